The molecule has 3 aromatic rings. The summed E-state index contributed by atoms with van der Waals surface area (Å²) in [6.45, 7) is 1.74. The van der Waals surface area contributed by atoms with E-state index in [1.165, 1.54) is 43.4 Å². The Bertz CT molecular complexity index is 1120. The van der Waals surface area contributed by atoms with Crippen LogP contribution in [0.4, 0.5) is 15.8 Å². The predicted molar refractivity (Wildman–Crippen MR) is 108 cm³/mol. The standard InChI is InChI=1S/C21H19FN2O3S/c1-15-11-12-20(19(22)13-15)23-21(25)16-7-6-10-18(14-16)28(26,27)24(2)17-8-4-3-5-9-17/h3-14H,1-2H3,(H,23,25). The Labute approximate surface area is 163 Å². The van der Waals surface area contributed by atoms with E-state index >= 15 is 0 Å². The highest BCUT2D eigenvalue weighted by Gasteiger charge is 2.22. The number of aryl methyl sites for hydroxylation is 1. The van der Waals surface area contributed by atoms with Crippen molar-refractivity contribution in [3.63, 3.8) is 0 Å². The summed E-state index contributed by atoms with van der Waals surface area (Å²) in [4.78, 5) is 12.5. The zero-order valence-corrected chi connectivity index (χ0v) is 16.2. The normalized spacial score (nSPS) is 11.1. The average molecular weight is 398 g/mol. The molecule has 0 saturated heterocycles. The highest BCUT2D eigenvalue weighted by molar-refractivity contribution is 7.92. The van der Waals surface area contributed by atoms with Gasteiger partial charge in [0.15, 0.2) is 0 Å². The molecule has 0 aromatic heterocycles. The molecular formula is C21H19FN2O3S. The third kappa shape index (κ3) is 4.04. The molecule has 0 aliphatic rings. The van der Waals surface area contributed by atoms with Gasteiger partial charge < -0.3 is 5.32 Å². The van der Waals surface area contributed by atoms with Crippen molar-refractivity contribution < 1.29 is 17.6 Å². The van der Waals surface area contributed by atoms with Crippen molar-refractivity contribution in [2.24, 2.45) is 0 Å². The Hall–Kier alpha value is -3.19. The fourth-order valence-electron chi connectivity index (χ4n) is 2.65. The maximum absolute atomic E-state index is 14.0. The second-order valence-electron chi connectivity index (χ2n) is 6.27. The first-order chi connectivity index (χ1) is 13.3. The van der Waals surface area contributed by atoms with Gasteiger partial charge in [-0.3, -0.25) is 9.10 Å². The summed E-state index contributed by atoms with van der Waals surface area (Å²) < 4.78 is 40.9. The summed E-state index contributed by atoms with van der Waals surface area (Å²) in [5, 5.41) is 2.47. The van der Waals surface area contributed by atoms with E-state index < -0.39 is 21.7 Å². The zero-order valence-electron chi connectivity index (χ0n) is 15.4. The first-order valence-corrected chi connectivity index (χ1v) is 9.94. The number of anilines is 2. The molecule has 3 aromatic carbocycles. The lowest BCUT2D eigenvalue weighted by Gasteiger charge is -2.19. The minimum Gasteiger partial charge on any atom is -0.319 e. The van der Waals surface area contributed by atoms with Crippen molar-refractivity contribution in [3.05, 3.63) is 89.7 Å². The molecule has 0 atom stereocenters. The minimum atomic E-state index is -3.86. The smallest absolute Gasteiger partial charge is 0.264 e. The summed E-state index contributed by atoms with van der Waals surface area (Å²) in [6, 6.07) is 18.7. The second kappa shape index (κ2) is 7.82. The summed E-state index contributed by atoms with van der Waals surface area (Å²) in [6.07, 6.45) is 0. The van der Waals surface area contributed by atoms with Gasteiger partial charge in [0.1, 0.15) is 5.82 Å². The molecule has 0 unspecified atom stereocenters. The van der Waals surface area contributed by atoms with E-state index in [1.807, 2.05) is 0 Å². The van der Waals surface area contributed by atoms with Gasteiger partial charge in [-0.05, 0) is 55.0 Å². The molecule has 5 nitrogen and oxygen atoms in total. The highest BCUT2D eigenvalue weighted by atomic mass is 32.2. The van der Waals surface area contributed by atoms with Gasteiger partial charge in [0.2, 0.25) is 0 Å². The lowest BCUT2D eigenvalue weighted by atomic mass is 10.2. The lowest BCUT2D eigenvalue weighted by molar-refractivity contribution is 0.102. The molecule has 0 saturated carbocycles. The summed E-state index contributed by atoms with van der Waals surface area (Å²) >= 11 is 0. The number of hydrogen-bond acceptors (Lipinski definition) is 3. The quantitative estimate of drug-likeness (QED) is 0.700. The molecular weight excluding hydrogens is 379 g/mol. The Morgan fingerprint density at radius 3 is 2.36 bits per heavy atom. The topological polar surface area (TPSA) is 66.5 Å². The third-order valence-electron chi connectivity index (χ3n) is 4.25. The van der Waals surface area contributed by atoms with Crippen molar-refractivity contribution in [3.8, 4) is 0 Å². The number of halogens is 1. The molecule has 0 aliphatic carbocycles. The number of amides is 1. The van der Waals surface area contributed by atoms with Crippen molar-refractivity contribution in [1.82, 2.24) is 0 Å². The number of hydrogen-bond donors (Lipinski definition) is 1. The van der Waals surface area contributed by atoms with Crippen LogP contribution < -0.4 is 9.62 Å². The van der Waals surface area contributed by atoms with Crippen LogP contribution in [-0.4, -0.2) is 21.4 Å². The largest absolute Gasteiger partial charge is 0.319 e. The lowest BCUT2D eigenvalue weighted by Crippen LogP contribution is -2.26. The third-order valence-corrected chi connectivity index (χ3v) is 6.03. The number of nitrogens with one attached hydrogen (secondary N) is 1. The molecule has 28 heavy (non-hydrogen) atoms. The van der Waals surface area contributed by atoms with E-state index in [0.717, 1.165) is 9.87 Å². The molecule has 0 radical (unpaired) electrons. The highest BCUT2D eigenvalue weighted by Crippen LogP contribution is 2.23. The van der Waals surface area contributed by atoms with Crippen LogP contribution in [0.25, 0.3) is 0 Å². The van der Waals surface area contributed by atoms with Gasteiger partial charge in [-0.1, -0.05) is 30.3 Å². The Morgan fingerprint density at radius 1 is 0.964 bits per heavy atom. The molecule has 0 bridgehead atoms. The van der Waals surface area contributed by atoms with E-state index in [1.54, 1.807) is 43.3 Å². The fraction of sp³-hybridized carbons (Fsp3) is 0.0952. The molecule has 1 N–H and O–H groups in total. The van der Waals surface area contributed by atoms with Gasteiger partial charge in [0.25, 0.3) is 15.9 Å². The van der Waals surface area contributed by atoms with Crippen LogP contribution in [0.1, 0.15) is 15.9 Å². The van der Waals surface area contributed by atoms with E-state index in [-0.39, 0.29) is 16.1 Å². The van der Waals surface area contributed by atoms with Crippen LogP contribution in [0, 0.1) is 12.7 Å². The minimum absolute atomic E-state index is 0.0316. The molecule has 0 aliphatic heterocycles. The van der Waals surface area contributed by atoms with Crippen molar-refractivity contribution in [2.75, 3.05) is 16.7 Å². The van der Waals surface area contributed by atoms with Crippen LogP contribution in [-0.2, 0) is 10.0 Å². The molecule has 144 valence electrons. The number of benzene rings is 3. The van der Waals surface area contributed by atoms with Crippen LogP contribution in [0.3, 0.4) is 0 Å². The molecule has 1 amide bonds. The van der Waals surface area contributed by atoms with E-state index in [0.29, 0.717) is 5.69 Å². The predicted octanol–water partition coefficient (Wildman–Crippen LogP) is 4.21. The first-order valence-electron chi connectivity index (χ1n) is 8.50. The Kier molecular flexibility index (Phi) is 5.46. The second-order valence-corrected chi connectivity index (χ2v) is 8.24. The fourth-order valence-corrected chi connectivity index (χ4v) is 3.89. The number of nitrogens with zero attached hydrogens (tertiary/aromatic N) is 1. The number of sulfonamides is 1. The van der Waals surface area contributed by atoms with Crippen LogP contribution >= 0.6 is 0 Å². The SMILES string of the molecule is Cc1ccc(NC(=O)c2cccc(S(=O)(=O)N(C)c3ccccc3)c2)c(F)c1. The maximum Gasteiger partial charge on any atom is 0.264 e. The van der Waals surface area contributed by atoms with Crippen LogP contribution in [0.15, 0.2) is 77.7 Å². The van der Waals surface area contributed by atoms with E-state index in [9.17, 15) is 17.6 Å². The Morgan fingerprint density at radius 2 is 1.68 bits per heavy atom. The van der Waals surface area contributed by atoms with Crippen molar-refractivity contribution >= 4 is 27.3 Å². The van der Waals surface area contributed by atoms with Gasteiger partial charge >= 0.3 is 0 Å². The molecule has 7 heteroatoms. The first kappa shape index (κ1) is 19.6. The molecule has 3 rings (SSSR count). The van der Waals surface area contributed by atoms with Gasteiger partial charge in [0.05, 0.1) is 16.3 Å². The summed E-state index contributed by atoms with van der Waals surface area (Å²) in [7, 11) is -2.41. The van der Waals surface area contributed by atoms with Gasteiger partial charge in [0, 0.05) is 12.6 Å². The van der Waals surface area contributed by atoms with Crippen molar-refractivity contribution in [1.29, 1.82) is 0 Å². The zero-order chi connectivity index (χ0) is 20.3. The van der Waals surface area contributed by atoms with Gasteiger partial charge in [-0.25, -0.2) is 12.8 Å². The monoisotopic (exact) mass is 398 g/mol. The summed E-state index contributed by atoms with van der Waals surface area (Å²) in [5.41, 5.74) is 1.37. The van der Waals surface area contributed by atoms with Gasteiger partial charge in [-0.15, -0.1) is 0 Å². The number of para-hydroxylation sites is 1. The van der Waals surface area contributed by atoms with Gasteiger partial charge in [-0.2, -0.15) is 0 Å². The van der Waals surface area contributed by atoms with Crippen LogP contribution in [0.5, 0.6) is 0 Å². The number of carbonyl (C=O) groups excluding carboxylic acids is 1. The average Bonchev–Trinajstić information content (AvgIpc) is 2.70. The molecule has 0 spiro atoms. The van der Waals surface area contributed by atoms with Crippen molar-refractivity contribution in [2.45, 2.75) is 11.8 Å². The Balaban J connectivity index is 1.88. The number of rotatable bonds is 5. The maximum atomic E-state index is 14.0. The van der Waals surface area contributed by atoms with E-state index in [2.05, 4.69) is 5.32 Å². The van der Waals surface area contributed by atoms with Crippen LogP contribution in [0.2, 0.25) is 0 Å². The van der Waals surface area contributed by atoms with E-state index in [4.69, 9.17) is 0 Å². The number of carbonyl (C=O) groups is 1. The molecule has 0 heterocycles. The summed E-state index contributed by atoms with van der Waals surface area (Å²) in [5.74, 6) is -1.15. The molecule has 0 fully saturated rings.